The highest BCUT2D eigenvalue weighted by molar-refractivity contribution is 6.31. The lowest BCUT2D eigenvalue weighted by atomic mass is 10.2. The highest BCUT2D eigenvalue weighted by Crippen LogP contribution is 2.24. The fraction of sp³-hybridized carbons (Fsp3) is 0.0476. The van der Waals surface area contributed by atoms with E-state index in [1.165, 1.54) is 0 Å². The maximum atomic E-state index is 12.6. The zero-order chi connectivity index (χ0) is 17.9. The highest BCUT2D eigenvalue weighted by atomic mass is 35.5. The van der Waals surface area contributed by atoms with E-state index in [1.807, 2.05) is 71.3 Å². The van der Waals surface area contributed by atoms with Crippen LogP contribution in [0.5, 0.6) is 0 Å². The van der Waals surface area contributed by atoms with Gasteiger partial charge in [0.1, 0.15) is 0 Å². The molecule has 0 spiro atoms. The zero-order valence-corrected chi connectivity index (χ0v) is 14.6. The van der Waals surface area contributed by atoms with Crippen molar-refractivity contribution in [2.45, 2.75) is 6.54 Å². The van der Waals surface area contributed by atoms with E-state index in [1.54, 1.807) is 12.1 Å². The van der Waals surface area contributed by atoms with Crippen LogP contribution in [-0.4, -0.2) is 15.5 Å². The van der Waals surface area contributed by atoms with Gasteiger partial charge in [0.25, 0.3) is 5.91 Å². The van der Waals surface area contributed by atoms with Gasteiger partial charge < -0.3 is 4.57 Å². The number of nitrogens with one attached hydrogen (secondary N) is 1. The molecule has 5 heteroatoms. The van der Waals surface area contributed by atoms with Crippen LogP contribution in [0.2, 0.25) is 5.02 Å². The number of imidazole rings is 1. The molecule has 128 valence electrons. The van der Waals surface area contributed by atoms with Gasteiger partial charge in [-0.05, 0) is 35.9 Å². The first-order valence-electron chi connectivity index (χ1n) is 8.27. The normalized spacial score (nSPS) is 10.8. The smallest absolute Gasteiger partial charge is 0.257 e. The number of amides is 1. The Morgan fingerprint density at radius 1 is 0.923 bits per heavy atom. The molecule has 1 aromatic heterocycles. The van der Waals surface area contributed by atoms with Crippen LogP contribution in [0, 0.1) is 0 Å². The fourth-order valence-corrected chi connectivity index (χ4v) is 3.09. The summed E-state index contributed by atoms with van der Waals surface area (Å²) in [6.45, 7) is 0.518. The average molecular weight is 362 g/mol. The number of para-hydroxylation sites is 2. The predicted molar refractivity (Wildman–Crippen MR) is 105 cm³/mol. The topological polar surface area (TPSA) is 46.9 Å². The second-order valence-corrected chi connectivity index (χ2v) is 6.33. The van der Waals surface area contributed by atoms with Gasteiger partial charge in [-0.2, -0.15) is 0 Å². The zero-order valence-electron chi connectivity index (χ0n) is 13.9. The van der Waals surface area contributed by atoms with E-state index in [4.69, 9.17) is 11.6 Å². The van der Waals surface area contributed by atoms with Gasteiger partial charge in [0.05, 0.1) is 17.6 Å². The third-order valence-electron chi connectivity index (χ3n) is 4.20. The molecule has 4 rings (SSSR count). The van der Waals surface area contributed by atoms with Crippen LogP contribution in [0.3, 0.4) is 0 Å². The van der Waals surface area contributed by atoms with E-state index in [9.17, 15) is 4.79 Å². The van der Waals surface area contributed by atoms with Crippen molar-refractivity contribution < 1.29 is 4.79 Å². The third kappa shape index (κ3) is 3.19. The van der Waals surface area contributed by atoms with Crippen molar-refractivity contribution in [3.05, 3.63) is 95.0 Å². The molecule has 1 amide bonds. The summed E-state index contributed by atoms with van der Waals surface area (Å²) in [5, 5.41) is 3.61. The van der Waals surface area contributed by atoms with E-state index < -0.39 is 0 Å². The Kier molecular flexibility index (Phi) is 4.42. The van der Waals surface area contributed by atoms with E-state index in [-0.39, 0.29) is 5.91 Å². The Balaban J connectivity index is 1.74. The maximum absolute atomic E-state index is 12.6. The van der Waals surface area contributed by atoms with Gasteiger partial charge in [0, 0.05) is 10.6 Å². The molecular weight excluding hydrogens is 346 g/mol. The molecular formula is C21H16ClN3O. The Labute approximate surface area is 156 Å². The minimum absolute atomic E-state index is 0.193. The Bertz CT molecular complexity index is 1070. The van der Waals surface area contributed by atoms with Crippen LogP contribution >= 0.6 is 11.6 Å². The first-order valence-corrected chi connectivity index (χ1v) is 8.65. The van der Waals surface area contributed by atoms with Crippen molar-refractivity contribution in [2.24, 2.45) is 0 Å². The summed E-state index contributed by atoms with van der Waals surface area (Å²) in [4.78, 5) is 17.2. The van der Waals surface area contributed by atoms with Gasteiger partial charge in [-0.25, -0.2) is 4.98 Å². The highest BCUT2D eigenvalue weighted by Gasteiger charge is 2.15. The lowest BCUT2D eigenvalue weighted by Crippen LogP contribution is -2.16. The van der Waals surface area contributed by atoms with Crippen molar-refractivity contribution in [3.63, 3.8) is 0 Å². The van der Waals surface area contributed by atoms with Gasteiger partial charge in [0.2, 0.25) is 5.95 Å². The average Bonchev–Trinajstić information content (AvgIpc) is 3.01. The number of nitrogens with zero attached hydrogens (tertiary/aromatic N) is 2. The monoisotopic (exact) mass is 361 g/mol. The molecule has 3 aromatic carbocycles. The third-order valence-corrected chi connectivity index (χ3v) is 4.57. The summed E-state index contributed by atoms with van der Waals surface area (Å²) < 4.78 is 1.97. The lowest BCUT2D eigenvalue weighted by molar-refractivity contribution is 0.102. The van der Waals surface area contributed by atoms with Crippen molar-refractivity contribution in [1.82, 2.24) is 9.55 Å². The molecule has 0 aliphatic carbocycles. The Hall–Kier alpha value is -3.11. The first-order chi connectivity index (χ1) is 12.7. The van der Waals surface area contributed by atoms with Crippen LogP contribution in [0.4, 0.5) is 5.95 Å². The van der Waals surface area contributed by atoms with Gasteiger partial charge in [-0.1, -0.05) is 60.1 Å². The predicted octanol–water partition coefficient (Wildman–Crippen LogP) is 4.99. The van der Waals surface area contributed by atoms with Gasteiger partial charge >= 0.3 is 0 Å². The maximum Gasteiger partial charge on any atom is 0.257 e. The fourth-order valence-electron chi connectivity index (χ4n) is 2.89. The summed E-state index contributed by atoms with van der Waals surface area (Å²) in [6.07, 6.45) is 0. The number of hydrogen-bond acceptors (Lipinski definition) is 2. The number of halogens is 1. The number of fused-ring (bicyclic) bond motifs is 1. The molecule has 1 N–H and O–H groups in total. The van der Waals surface area contributed by atoms with Crippen molar-refractivity contribution in [2.75, 3.05) is 5.32 Å². The lowest BCUT2D eigenvalue weighted by Gasteiger charge is -2.11. The molecule has 0 unspecified atom stereocenters. The molecule has 26 heavy (non-hydrogen) atoms. The number of benzene rings is 3. The number of aromatic nitrogens is 2. The van der Waals surface area contributed by atoms with Crippen LogP contribution in [-0.2, 0) is 6.54 Å². The van der Waals surface area contributed by atoms with Crippen LogP contribution < -0.4 is 5.32 Å². The van der Waals surface area contributed by atoms with Gasteiger partial charge in [-0.3, -0.25) is 10.1 Å². The van der Waals surface area contributed by atoms with E-state index in [2.05, 4.69) is 10.3 Å². The van der Waals surface area contributed by atoms with Gasteiger partial charge in [0.15, 0.2) is 0 Å². The molecule has 0 radical (unpaired) electrons. The Morgan fingerprint density at radius 3 is 2.42 bits per heavy atom. The van der Waals surface area contributed by atoms with Crippen LogP contribution in [0.1, 0.15) is 15.9 Å². The molecule has 0 atom stereocenters. The quantitative estimate of drug-likeness (QED) is 0.556. The summed E-state index contributed by atoms with van der Waals surface area (Å²) in [7, 11) is 0. The van der Waals surface area contributed by atoms with Crippen molar-refractivity contribution >= 4 is 34.5 Å². The van der Waals surface area contributed by atoms with Crippen molar-refractivity contribution in [3.8, 4) is 0 Å². The Morgan fingerprint density at radius 2 is 1.62 bits per heavy atom. The first kappa shape index (κ1) is 16.4. The summed E-state index contributed by atoms with van der Waals surface area (Å²) in [6, 6.07) is 24.6. The summed E-state index contributed by atoms with van der Waals surface area (Å²) in [5.74, 6) is 0.307. The molecule has 1 heterocycles. The number of carbonyl (C=O) groups is 1. The van der Waals surface area contributed by atoms with E-state index in [0.29, 0.717) is 23.1 Å². The summed E-state index contributed by atoms with van der Waals surface area (Å²) >= 11 is 6.33. The minimum atomic E-state index is -0.193. The summed E-state index contributed by atoms with van der Waals surface area (Å²) in [5.41, 5.74) is 3.31. The molecule has 4 aromatic rings. The molecule has 0 saturated heterocycles. The van der Waals surface area contributed by atoms with E-state index >= 15 is 0 Å². The molecule has 0 fully saturated rings. The molecule has 4 nitrogen and oxygen atoms in total. The van der Waals surface area contributed by atoms with Crippen LogP contribution in [0.25, 0.3) is 11.0 Å². The number of rotatable bonds is 4. The molecule has 0 saturated carbocycles. The minimum Gasteiger partial charge on any atom is -0.305 e. The second-order valence-electron chi connectivity index (χ2n) is 5.92. The molecule has 0 bridgehead atoms. The number of anilines is 1. The van der Waals surface area contributed by atoms with E-state index in [0.717, 1.165) is 16.6 Å². The standard InChI is InChI=1S/C21H16ClN3O/c22-17-11-5-4-10-16(17)14-25-19-13-7-6-12-18(19)23-21(25)24-20(26)15-8-2-1-3-9-15/h1-13H,14H2,(H,23,24,26). The number of carbonyl (C=O) groups excluding carboxylic acids is 1. The molecule has 0 aliphatic heterocycles. The largest absolute Gasteiger partial charge is 0.305 e. The number of hydrogen-bond donors (Lipinski definition) is 1. The van der Waals surface area contributed by atoms with Crippen molar-refractivity contribution in [1.29, 1.82) is 0 Å². The van der Waals surface area contributed by atoms with Crippen LogP contribution in [0.15, 0.2) is 78.9 Å². The SMILES string of the molecule is O=C(Nc1nc2ccccc2n1Cc1ccccc1Cl)c1ccccc1. The molecule has 0 aliphatic rings. The second kappa shape index (κ2) is 7.02. The van der Waals surface area contributed by atoms with Gasteiger partial charge in [-0.15, -0.1) is 0 Å².